The minimum atomic E-state index is -0.189. The van der Waals surface area contributed by atoms with Gasteiger partial charge in [-0.1, -0.05) is 17.7 Å². The number of nitrogens with zero attached hydrogens (tertiary/aromatic N) is 3. The molecule has 0 N–H and O–H groups in total. The summed E-state index contributed by atoms with van der Waals surface area (Å²) in [5.74, 6) is -0.189. The molecule has 2 aromatic rings. The quantitative estimate of drug-likeness (QED) is 0.869. The first kappa shape index (κ1) is 13.0. The fourth-order valence-electron chi connectivity index (χ4n) is 1.52. The molecular weight excluding hydrogens is 270 g/mol. The Morgan fingerprint density at radius 3 is 2.89 bits per heavy atom. The number of halogens is 1. The maximum atomic E-state index is 12.2. The van der Waals surface area contributed by atoms with Crippen molar-refractivity contribution in [1.29, 1.82) is 0 Å². The second kappa shape index (κ2) is 5.46. The Labute approximate surface area is 114 Å². The molecule has 0 aromatic carbocycles. The van der Waals surface area contributed by atoms with Crippen LogP contribution in [0.3, 0.4) is 0 Å². The molecule has 2 rings (SSSR count). The standard InChI is InChI=1S/C12H12ClN3OS/c1-8(10-4-3-5-18-10)16(2)12(17)9-6-14-7-11(13)15-9/h3-8H,1-2H3. The zero-order chi connectivity index (χ0) is 13.1. The SMILES string of the molecule is CC(c1cccs1)N(C)C(=O)c1cncc(Cl)n1. The fourth-order valence-corrected chi connectivity index (χ4v) is 2.50. The number of hydrogen-bond donors (Lipinski definition) is 0. The van der Waals surface area contributed by atoms with E-state index in [0.717, 1.165) is 4.88 Å². The summed E-state index contributed by atoms with van der Waals surface area (Å²) in [6.45, 7) is 1.97. The zero-order valence-electron chi connectivity index (χ0n) is 10.0. The molecule has 0 saturated heterocycles. The van der Waals surface area contributed by atoms with Gasteiger partial charge in [0.1, 0.15) is 10.8 Å². The summed E-state index contributed by atoms with van der Waals surface area (Å²) >= 11 is 7.35. The van der Waals surface area contributed by atoms with Gasteiger partial charge < -0.3 is 4.90 Å². The van der Waals surface area contributed by atoms with E-state index < -0.39 is 0 Å². The number of amides is 1. The van der Waals surface area contributed by atoms with Crippen molar-refractivity contribution in [3.63, 3.8) is 0 Å². The van der Waals surface area contributed by atoms with Crippen molar-refractivity contribution >= 4 is 28.8 Å². The van der Waals surface area contributed by atoms with Crippen LogP contribution >= 0.6 is 22.9 Å². The molecule has 0 saturated carbocycles. The molecule has 0 bridgehead atoms. The van der Waals surface area contributed by atoms with E-state index in [9.17, 15) is 4.79 Å². The van der Waals surface area contributed by atoms with Crippen LogP contribution in [-0.2, 0) is 0 Å². The molecule has 94 valence electrons. The molecule has 18 heavy (non-hydrogen) atoms. The predicted octanol–water partition coefficient (Wildman–Crippen LogP) is 3.02. The highest BCUT2D eigenvalue weighted by Gasteiger charge is 2.20. The lowest BCUT2D eigenvalue weighted by Gasteiger charge is -2.23. The first-order valence-corrected chi connectivity index (χ1v) is 6.63. The van der Waals surface area contributed by atoms with Gasteiger partial charge in [-0.25, -0.2) is 4.98 Å². The minimum Gasteiger partial charge on any atom is -0.333 e. The van der Waals surface area contributed by atoms with Crippen LogP contribution in [0.2, 0.25) is 5.15 Å². The van der Waals surface area contributed by atoms with Gasteiger partial charge in [0.25, 0.3) is 5.91 Å². The highest BCUT2D eigenvalue weighted by Crippen LogP contribution is 2.24. The second-order valence-corrected chi connectivity index (χ2v) is 5.20. The Balaban J connectivity index is 2.19. The number of hydrogen-bond acceptors (Lipinski definition) is 4. The zero-order valence-corrected chi connectivity index (χ0v) is 11.6. The molecule has 2 heterocycles. The molecule has 1 atom stereocenters. The predicted molar refractivity (Wildman–Crippen MR) is 71.9 cm³/mol. The average molecular weight is 282 g/mol. The number of thiophene rings is 1. The van der Waals surface area contributed by atoms with E-state index in [1.807, 2.05) is 24.4 Å². The Bertz CT molecular complexity index is 544. The molecule has 6 heteroatoms. The van der Waals surface area contributed by atoms with Crippen LogP contribution in [0.25, 0.3) is 0 Å². The molecule has 1 amide bonds. The lowest BCUT2D eigenvalue weighted by Crippen LogP contribution is -2.30. The van der Waals surface area contributed by atoms with Gasteiger partial charge in [-0.15, -0.1) is 11.3 Å². The first-order chi connectivity index (χ1) is 8.59. The van der Waals surface area contributed by atoms with E-state index in [1.165, 1.54) is 12.4 Å². The average Bonchev–Trinajstić information content (AvgIpc) is 2.90. The summed E-state index contributed by atoms with van der Waals surface area (Å²) in [6.07, 6.45) is 2.83. The highest BCUT2D eigenvalue weighted by atomic mass is 35.5. The van der Waals surface area contributed by atoms with Gasteiger partial charge >= 0.3 is 0 Å². The maximum absolute atomic E-state index is 12.2. The third kappa shape index (κ3) is 2.68. The largest absolute Gasteiger partial charge is 0.333 e. The van der Waals surface area contributed by atoms with Crippen molar-refractivity contribution in [2.75, 3.05) is 7.05 Å². The van der Waals surface area contributed by atoms with Gasteiger partial charge in [0.05, 0.1) is 18.4 Å². The fraction of sp³-hybridized carbons (Fsp3) is 0.250. The molecule has 2 aromatic heterocycles. The van der Waals surface area contributed by atoms with Crippen LogP contribution in [0.4, 0.5) is 0 Å². The van der Waals surface area contributed by atoms with Crippen molar-refractivity contribution in [3.05, 3.63) is 45.6 Å². The number of carbonyl (C=O) groups is 1. The topological polar surface area (TPSA) is 46.1 Å². The number of carbonyl (C=O) groups excluding carboxylic acids is 1. The summed E-state index contributed by atoms with van der Waals surface area (Å²) < 4.78 is 0. The first-order valence-electron chi connectivity index (χ1n) is 5.37. The molecule has 1 unspecified atom stereocenters. The van der Waals surface area contributed by atoms with E-state index in [0.29, 0.717) is 0 Å². The summed E-state index contributed by atoms with van der Waals surface area (Å²) in [5, 5.41) is 2.21. The van der Waals surface area contributed by atoms with Crippen LogP contribution in [0.1, 0.15) is 28.3 Å². The van der Waals surface area contributed by atoms with Gasteiger partial charge in [0.2, 0.25) is 0 Å². The molecule has 4 nitrogen and oxygen atoms in total. The summed E-state index contributed by atoms with van der Waals surface area (Å²) in [4.78, 5) is 22.8. The van der Waals surface area contributed by atoms with Crippen LogP contribution in [0.15, 0.2) is 29.9 Å². The van der Waals surface area contributed by atoms with Gasteiger partial charge in [0.15, 0.2) is 0 Å². The van der Waals surface area contributed by atoms with Crippen LogP contribution in [0, 0.1) is 0 Å². The van der Waals surface area contributed by atoms with Gasteiger partial charge in [-0.3, -0.25) is 9.78 Å². The van der Waals surface area contributed by atoms with Crippen molar-refractivity contribution in [2.24, 2.45) is 0 Å². The normalized spacial score (nSPS) is 12.2. The van der Waals surface area contributed by atoms with Crippen LogP contribution in [0.5, 0.6) is 0 Å². The molecular formula is C12H12ClN3OS. The molecule has 0 aliphatic rings. The molecule has 0 aliphatic carbocycles. The molecule has 0 aliphatic heterocycles. The summed E-state index contributed by atoms with van der Waals surface area (Å²) in [7, 11) is 1.75. The van der Waals surface area contributed by atoms with E-state index in [1.54, 1.807) is 23.3 Å². The molecule has 0 radical (unpaired) electrons. The third-order valence-corrected chi connectivity index (χ3v) is 3.91. The lowest BCUT2D eigenvalue weighted by atomic mass is 10.2. The van der Waals surface area contributed by atoms with Crippen molar-refractivity contribution in [3.8, 4) is 0 Å². The Kier molecular flexibility index (Phi) is 3.93. The molecule has 0 fully saturated rings. The van der Waals surface area contributed by atoms with Crippen molar-refractivity contribution in [2.45, 2.75) is 13.0 Å². The maximum Gasteiger partial charge on any atom is 0.274 e. The second-order valence-electron chi connectivity index (χ2n) is 3.83. The Morgan fingerprint density at radius 1 is 1.50 bits per heavy atom. The van der Waals surface area contributed by atoms with Gasteiger partial charge in [-0.2, -0.15) is 0 Å². The monoisotopic (exact) mass is 281 g/mol. The Hall–Kier alpha value is -1.46. The minimum absolute atomic E-state index is 0.00159. The molecule has 0 spiro atoms. The summed E-state index contributed by atoms with van der Waals surface area (Å²) in [5.41, 5.74) is 0.258. The number of aromatic nitrogens is 2. The number of rotatable bonds is 3. The van der Waals surface area contributed by atoms with Crippen LogP contribution < -0.4 is 0 Å². The van der Waals surface area contributed by atoms with Gasteiger partial charge in [0, 0.05) is 11.9 Å². The summed E-state index contributed by atoms with van der Waals surface area (Å²) in [6, 6.07) is 3.97. The van der Waals surface area contributed by atoms with E-state index in [4.69, 9.17) is 11.6 Å². The Morgan fingerprint density at radius 2 is 2.28 bits per heavy atom. The van der Waals surface area contributed by atoms with E-state index in [2.05, 4.69) is 9.97 Å². The van der Waals surface area contributed by atoms with Crippen LogP contribution in [-0.4, -0.2) is 27.8 Å². The van der Waals surface area contributed by atoms with Gasteiger partial charge in [-0.05, 0) is 18.4 Å². The van der Waals surface area contributed by atoms with E-state index in [-0.39, 0.29) is 22.8 Å². The van der Waals surface area contributed by atoms with Crippen molar-refractivity contribution in [1.82, 2.24) is 14.9 Å². The highest BCUT2D eigenvalue weighted by molar-refractivity contribution is 7.10. The van der Waals surface area contributed by atoms with Crippen molar-refractivity contribution < 1.29 is 4.79 Å². The third-order valence-electron chi connectivity index (χ3n) is 2.68. The lowest BCUT2D eigenvalue weighted by molar-refractivity contribution is 0.0738. The van der Waals surface area contributed by atoms with E-state index >= 15 is 0 Å². The smallest absolute Gasteiger partial charge is 0.274 e.